The number of hydrogen-bond donors (Lipinski definition) is 2. The Morgan fingerprint density at radius 1 is 1.03 bits per heavy atom. The van der Waals surface area contributed by atoms with Gasteiger partial charge in [0.1, 0.15) is 5.82 Å². The second-order valence-electron chi connectivity index (χ2n) is 8.55. The first-order valence-corrected chi connectivity index (χ1v) is 13.7. The fourth-order valence-electron chi connectivity index (χ4n) is 3.83. The van der Waals surface area contributed by atoms with Gasteiger partial charge in [-0.3, -0.25) is 4.79 Å². The molecule has 2 aromatic heterocycles. The van der Waals surface area contributed by atoms with Crippen LogP contribution >= 0.6 is 27.5 Å². The Hall–Kier alpha value is -3.68. The molecule has 0 saturated heterocycles. The van der Waals surface area contributed by atoms with E-state index in [1.54, 1.807) is 10.7 Å². The average Bonchev–Trinajstić information content (AvgIpc) is 3.33. The zero-order valence-electron chi connectivity index (χ0n) is 20.9. The van der Waals surface area contributed by atoms with Crippen LogP contribution < -0.4 is 10.6 Å². The molecule has 0 aliphatic carbocycles. The van der Waals surface area contributed by atoms with Crippen molar-refractivity contribution in [3.63, 3.8) is 0 Å². The molecular formula is C30H29BrClN5O. The van der Waals surface area contributed by atoms with Crippen LogP contribution in [0.15, 0.2) is 102 Å². The number of anilines is 1. The Labute approximate surface area is 236 Å². The summed E-state index contributed by atoms with van der Waals surface area (Å²) in [6.45, 7) is 5.46. The van der Waals surface area contributed by atoms with Gasteiger partial charge in [-0.2, -0.15) is 9.61 Å². The molecule has 0 fully saturated rings. The van der Waals surface area contributed by atoms with E-state index in [1.165, 1.54) is 0 Å². The zero-order chi connectivity index (χ0) is 26.7. The standard InChI is InChI=1S/C30H29BrClN5O/c1-22(10-4-3-7-17-32)27-20-28(37-29(36-27)26(31)21-35-37)33-18-8-9-19-34-30(38)25-15-13-24(14-16-25)23-11-5-2-6-12-23/h2-7,10-16,20-21,33H,1,8-9,17-19H2,(H,34,38)/b7-3-,10-4-. The number of fused-ring (bicyclic) bond motifs is 1. The number of halogens is 2. The third kappa shape index (κ3) is 7.21. The highest BCUT2D eigenvalue weighted by molar-refractivity contribution is 9.10. The molecule has 0 unspecified atom stereocenters. The molecule has 2 heterocycles. The van der Waals surface area contributed by atoms with Crippen LogP contribution in [-0.2, 0) is 0 Å². The number of aromatic nitrogens is 3. The molecule has 0 atom stereocenters. The molecule has 0 bridgehead atoms. The topological polar surface area (TPSA) is 71.3 Å². The lowest BCUT2D eigenvalue weighted by molar-refractivity contribution is 0.0953. The van der Waals surface area contributed by atoms with Gasteiger partial charge in [0.25, 0.3) is 5.91 Å². The maximum atomic E-state index is 12.5. The van der Waals surface area contributed by atoms with E-state index in [-0.39, 0.29) is 5.91 Å². The number of nitrogens with zero attached hydrogens (tertiary/aromatic N) is 3. The first-order valence-electron chi connectivity index (χ1n) is 12.4. The minimum atomic E-state index is -0.0631. The van der Waals surface area contributed by atoms with Crippen molar-refractivity contribution in [2.45, 2.75) is 12.8 Å². The highest BCUT2D eigenvalue weighted by atomic mass is 79.9. The summed E-state index contributed by atoms with van der Waals surface area (Å²) in [5.41, 5.74) is 5.12. The second-order valence-corrected chi connectivity index (χ2v) is 9.72. The van der Waals surface area contributed by atoms with Gasteiger partial charge >= 0.3 is 0 Å². The highest BCUT2D eigenvalue weighted by Crippen LogP contribution is 2.24. The lowest BCUT2D eigenvalue weighted by Gasteiger charge is -2.11. The SMILES string of the molecule is C=C(/C=C\C=C/CCl)c1cc(NCCCCNC(=O)c2ccc(-c3ccccc3)cc2)n2ncc(Br)c2n1. The quantitative estimate of drug-likeness (QED) is 0.104. The molecule has 0 aliphatic heterocycles. The van der Waals surface area contributed by atoms with Crippen LogP contribution in [0.25, 0.3) is 22.3 Å². The monoisotopic (exact) mass is 589 g/mol. The number of hydrogen-bond acceptors (Lipinski definition) is 4. The number of carbonyl (C=O) groups is 1. The Bertz CT molecular complexity index is 1450. The van der Waals surface area contributed by atoms with Crippen molar-refractivity contribution in [3.8, 4) is 11.1 Å². The third-order valence-electron chi connectivity index (χ3n) is 5.84. The number of benzene rings is 2. The van der Waals surface area contributed by atoms with Crippen LogP contribution in [0.4, 0.5) is 5.82 Å². The number of carbonyl (C=O) groups excluding carboxylic acids is 1. The lowest BCUT2D eigenvalue weighted by Crippen LogP contribution is -2.24. The first-order chi connectivity index (χ1) is 18.6. The number of unbranched alkanes of at least 4 members (excludes halogenated alkanes) is 1. The van der Waals surface area contributed by atoms with E-state index in [0.29, 0.717) is 23.6 Å². The molecule has 6 nitrogen and oxygen atoms in total. The van der Waals surface area contributed by atoms with Gasteiger partial charge in [-0.1, -0.05) is 73.3 Å². The van der Waals surface area contributed by atoms with Crippen LogP contribution in [0.3, 0.4) is 0 Å². The Morgan fingerprint density at radius 2 is 1.76 bits per heavy atom. The van der Waals surface area contributed by atoms with E-state index in [9.17, 15) is 4.79 Å². The second kappa shape index (κ2) is 13.7. The summed E-state index contributed by atoms with van der Waals surface area (Å²) >= 11 is 9.19. The Balaban J connectivity index is 1.27. The molecule has 194 valence electrons. The molecule has 2 aromatic carbocycles. The van der Waals surface area contributed by atoms with Crippen molar-refractivity contribution in [3.05, 3.63) is 113 Å². The number of allylic oxidation sites excluding steroid dienone is 5. The number of rotatable bonds is 12. The van der Waals surface area contributed by atoms with Gasteiger partial charge in [-0.25, -0.2) is 4.98 Å². The minimum Gasteiger partial charge on any atom is -0.370 e. The number of amides is 1. The molecule has 38 heavy (non-hydrogen) atoms. The summed E-state index contributed by atoms with van der Waals surface area (Å²) in [6.07, 6.45) is 11.0. The largest absolute Gasteiger partial charge is 0.370 e. The van der Waals surface area contributed by atoms with E-state index in [2.05, 4.69) is 55.4 Å². The van der Waals surface area contributed by atoms with Crippen LogP contribution in [0.2, 0.25) is 0 Å². The molecule has 4 rings (SSSR count). The summed E-state index contributed by atoms with van der Waals surface area (Å²) in [7, 11) is 0. The van der Waals surface area contributed by atoms with Gasteiger partial charge in [-0.05, 0) is 57.6 Å². The molecule has 2 N–H and O–H groups in total. The maximum absolute atomic E-state index is 12.5. The fourth-order valence-corrected chi connectivity index (χ4v) is 4.28. The van der Waals surface area contributed by atoms with E-state index in [4.69, 9.17) is 11.6 Å². The van der Waals surface area contributed by atoms with Crippen molar-refractivity contribution in [2.75, 3.05) is 24.3 Å². The molecular weight excluding hydrogens is 562 g/mol. The van der Waals surface area contributed by atoms with Gasteiger partial charge in [0.2, 0.25) is 0 Å². The first kappa shape index (κ1) is 27.4. The van der Waals surface area contributed by atoms with Gasteiger partial charge in [0.15, 0.2) is 5.65 Å². The van der Waals surface area contributed by atoms with Gasteiger partial charge in [0.05, 0.1) is 16.4 Å². The molecule has 0 saturated carbocycles. The molecule has 0 aliphatic rings. The molecule has 0 spiro atoms. The lowest BCUT2D eigenvalue weighted by atomic mass is 10.0. The Kier molecular flexibility index (Phi) is 9.90. The molecule has 0 radical (unpaired) electrons. The van der Waals surface area contributed by atoms with Crippen LogP contribution in [0.5, 0.6) is 0 Å². The fraction of sp³-hybridized carbons (Fsp3) is 0.167. The average molecular weight is 591 g/mol. The summed E-state index contributed by atoms with van der Waals surface area (Å²) in [4.78, 5) is 17.2. The van der Waals surface area contributed by atoms with Crippen molar-refractivity contribution >= 4 is 50.5 Å². The molecule has 1 amide bonds. The molecule has 4 aromatic rings. The predicted molar refractivity (Wildman–Crippen MR) is 161 cm³/mol. The van der Waals surface area contributed by atoms with Gasteiger partial charge in [-0.15, -0.1) is 11.6 Å². The number of alkyl halides is 1. The highest BCUT2D eigenvalue weighted by Gasteiger charge is 2.11. The number of nitrogens with one attached hydrogen (secondary N) is 2. The molecule has 8 heteroatoms. The Morgan fingerprint density at radius 3 is 2.53 bits per heavy atom. The zero-order valence-corrected chi connectivity index (χ0v) is 23.3. The van der Waals surface area contributed by atoms with Crippen molar-refractivity contribution in [1.82, 2.24) is 19.9 Å². The van der Waals surface area contributed by atoms with Crippen molar-refractivity contribution in [1.29, 1.82) is 0 Å². The third-order valence-corrected chi connectivity index (χ3v) is 6.58. The maximum Gasteiger partial charge on any atom is 0.251 e. The van der Waals surface area contributed by atoms with Crippen LogP contribution in [0, 0.1) is 0 Å². The van der Waals surface area contributed by atoms with Gasteiger partial charge < -0.3 is 10.6 Å². The van der Waals surface area contributed by atoms with Crippen molar-refractivity contribution < 1.29 is 4.79 Å². The predicted octanol–water partition coefficient (Wildman–Crippen LogP) is 7.15. The summed E-state index contributed by atoms with van der Waals surface area (Å²) in [6, 6.07) is 19.7. The van der Waals surface area contributed by atoms with E-state index < -0.39 is 0 Å². The van der Waals surface area contributed by atoms with Crippen molar-refractivity contribution in [2.24, 2.45) is 0 Å². The van der Waals surface area contributed by atoms with E-state index >= 15 is 0 Å². The smallest absolute Gasteiger partial charge is 0.251 e. The summed E-state index contributed by atoms with van der Waals surface area (Å²) in [5.74, 6) is 1.22. The normalized spacial score (nSPS) is 11.4. The summed E-state index contributed by atoms with van der Waals surface area (Å²) in [5, 5.41) is 10.9. The van der Waals surface area contributed by atoms with Gasteiger partial charge in [0, 0.05) is 30.6 Å². The van der Waals surface area contributed by atoms with Crippen LogP contribution in [0.1, 0.15) is 28.9 Å². The van der Waals surface area contributed by atoms with E-state index in [0.717, 1.165) is 52.1 Å². The minimum absolute atomic E-state index is 0.0631. The van der Waals surface area contributed by atoms with E-state index in [1.807, 2.05) is 72.8 Å². The summed E-state index contributed by atoms with van der Waals surface area (Å²) < 4.78 is 2.57. The van der Waals surface area contributed by atoms with Crippen LogP contribution in [-0.4, -0.2) is 39.5 Å².